The summed E-state index contributed by atoms with van der Waals surface area (Å²) >= 11 is 5.28. The molecular weight excluding hydrogens is 216 g/mol. The second kappa shape index (κ2) is 8.53. The van der Waals surface area contributed by atoms with Crippen molar-refractivity contribution in [2.75, 3.05) is 26.0 Å². The summed E-state index contributed by atoms with van der Waals surface area (Å²) in [6.45, 7) is 2.89. The predicted molar refractivity (Wildman–Crippen MR) is 60.9 cm³/mol. The van der Waals surface area contributed by atoms with E-state index in [-0.39, 0.29) is 24.2 Å². The highest BCUT2D eigenvalue weighted by Crippen LogP contribution is 1.96. The molecule has 0 spiro atoms. The molecule has 0 aliphatic carbocycles. The van der Waals surface area contributed by atoms with E-state index in [4.69, 9.17) is 11.6 Å². The molecule has 0 rings (SSSR count). The van der Waals surface area contributed by atoms with Gasteiger partial charge in [-0.3, -0.25) is 9.59 Å². The van der Waals surface area contributed by atoms with Gasteiger partial charge in [0.1, 0.15) is 5.88 Å². The molecule has 88 valence electrons. The van der Waals surface area contributed by atoms with Gasteiger partial charge in [-0.05, 0) is 6.42 Å². The maximum absolute atomic E-state index is 11.4. The minimum atomic E-state index is -0.313. The Bertz CT molecular complexity index is 210. The Morgan fingerprint density at radius 1 is 1.33 bits per heavy atom. The molecule has 0 aromatic rings. The van der Waals surface area contributed by atoms with E-state index in [1.165, 1.54) is 0 Å². The summed E-state index contributed by atoms with van der Waals surface area (Å²) in [5.41, 5.74) is 0. The van der Waals surface area contributed by atoms with Crippen molar-refractivity contribution in [2.24, 2.45) is 0 Å². The third-order valence-electron chi connectivity index (χ3n) is 2.08. The van der Waals surface area contributed by atoms with Gasteiger partial charge < -0.3 is 10.2 Å². The van der Waals surface area contributed by atoms with Gasteiger partial charge in [-0.15, -0.1) is 11.6 Å². The molecule has 0 aliphatic rings. The standard InChI is InChI=1S/C10H19ClN2O2/c1-3-4-5-6-13(2)10(15)8-12-9(14)7-11/h3-8H2,1-2H3,(H,12,14). The smallest absolute Gasteiger partial charge is 0.241 e. The van der Waals surface area contributed by atoms with Gasteiger partial charge in [-0.1, -0.05) is 19.8 Å². The molecule has 0 aromatic heterocycles. The quantitative estimate of drug-likeness (QED) is 0.528. The van der Waals surface area contributed by atoms with Crippen LogP contribution in [0.1, 0.15) is 26.2 Å². The minimum absolute atomic E-state index is 0.0359. The molecule has 0 bridgehead atoms. The van der Waals surface area contributed by atoms with Crippen LogP contribution >= 0.6 is 11.6 Å². The lowest BCUT2D eigenvalue weighted by molar-refractivity contribution is -0.131. The lowest BCUT2D eigenvalue weighted by Crippen LogP contribution is -2.38. The number of rotatable bonds is 7. The summed E-state index contributed by atoms with van der Waals surface area (Å²) in [5, 5.41) is 2.44. The van der Waals surface area contributed by atoms with Gasteiger partial charge in [-0.25, -0.2) is 0 Å². The number of likely N-dealkylation sites (N-methyl/N-ethyl adjacent to an activating group) is 1. The van der Waals surface area contributed by atoms with E-state index < -0.39 is 0 Å². The van der Waals surface area contributed by atoms with Gasteiger partial charge in [-0.2, -0.15) is 0 Å². The molecule has 0 aromatic carbocycles. The average Bonchev–Trinajstić information content (AvgIpc) is 2.25. The first kappa shape index (κ1) is 14.2. The van der Waals surface area contributed by atoms with Crippen LogP contribution in [0.15, 0.2) is 0 Å². The van der Waals surface area contributed by atoms with Crippen LogP contribution in [-0.4, -0.2) is 42.7 Å². The van der Waals surface area contributed by atoms with Crippen molar-refractivity contribution in [3.63, 3.8) is 0 Å². The van der Waals surface area contributed by atoms with Crippen molar-refractivity contribution in [1.82, 2.24) is 10.2 Å². The Hall–Kier alpha value is -0.770. The molecule has 0 unspecified atom stereocenters. The van der Waals surface area contributed by atoms with E-state index in [0.717, 1.165) is 25.8 Å². The summed E-state index contributed by atoms with van der Waals surface area (Å²) < 4.78 is 0. The molecule has 2 amide bonds. The normalized spacial score (nSPS) is 9.80. The first-order valence-electron chi connectivity index (χ1n) is 5.18. The van der Waals surface area contributed by atoms with E-state index in [2.05, 4.69) is 12.2 Å². The number of nitrogens with zero attached hydrogens (tertiary/aromatic N) is 1. The molecule has 0 atom stereocenters. The molecule has 0 radical (unpaired) electrons. The van der Waals surface area contributed by atoms with E-state index >= 15 is 0 Å². The molecule has 0 saturated carbocycles. The Balaban J connectivity index is 3.64. The van der Waals surface area contributed by atoms with Crippen LogP contribution in [0, 0.1) is 0 Å². The highest BCUT2D eigenvalue weighted by atomic mass is 35.5. The van der Waals surface area contributed by atoms with E-state index in [1.807, 2.05) is 0 Å². The average molecular weight is 235 g/mol. The monoisotopic (exact) mass is 234 g/mol. The second-order valence-corrected chi connectivity index (χ2v) is 3.70. The molecule has 0 saturated heterocycles. The molecular formula is C10H19ClN2O2. The minimum Gasteiger partial charge on any atom is -0.346 e. The van der Waals surface area contributed by atoms with Gasteiger partial charge in [0.15, 0.2) is 0 Å². The molecule has 0 heterocycles. The Labute approximate surface area is 96.0 Å². The number of alkyl halides is 1. The Kier molecular flexibility index (Phi) is 8.09. The number of hydrogen-bond acceptors (Lipinski definition) is 2. The number of carbonyl (C=O) groups excluding carboxylic acids is 2. The number of amides is 2. The molecule has 4 nitrogen and oxygen atoms in total. The fourth-order valence-corrected chi connectivity index (χ4v) is 1.17. The van der Waals surface area contributed by atoms with E-state index in [9.17, 15) is 9.59 Å². The van der Waals surface area contributed by atoms with Crippen LogP contribution < -0.4 is 5.32 Å². The van der Waals surface area contributed by atoms with Crippen molar-refractivity contribution >= 4 is 23.4 Å². The summed E-state index contributed by atoms with van der Waals surface area (Å²) in [6.07, 6.45) is 3.25. The maximum Gasteiger partial charge on any atom is 0.241 e. The van der Waals surface area contributed by atoms with Gasteiger partial charge >= 0.3 is 0 Å². The molecule has 0 aliphatic heterocycles. The van der Waals surface area contributed by atoms with Crippen molar-refractivity contribution < 1.29 is 9.59 Å². The lowest BCUT2D eigenvalue weighted by atomic mass is 10.2. The number of nitrogens with one attached hydrogen (secondary N) is 1. The molecule has 5 heteroatoms. The van der Waals surface area contributed by atoms with Crippen LogP contribution in [0.5, 0.6) is 0 Å². The number of hydrogen-bond donors (Lipinski definition) is 1. The number of halogens is 1. The maximum atomic E-state index is 11.4. The van der Waals surface area contributed by atoms with E-state index in [1.54, 1.807) is 11.9 Å². The second-order valence-electron chi connectivity index (χ2n) is 3.43. The van der Waals surface area contributed by atoms with Crippen molar-refractivity contribution in [3.05, 3.63) is 0 Å². The lowest BCUT2D eigenvalue weighted by Gasteiger charge is -2.16. The van der Waals surface area contributed by atoms with Gasteiger partial charge in [0.2, 0.25) is 11.8 Å². The van der Waals surface area contributed by atoms with Crippen LogP contribution in [0.25, 0.3) is 0 Å². The van der Waals surface area contributed by atoms with Crippen LogP contribution in [0.4, 0.5) is 0 Å². The zero-order valence-corrected chi connectivity index (χ0v) is 10.1. The Morgan fingerprint density at radius 3 is 2.53 bits per heavy atom. The van der Waals surface area contributed by atoms with Gasteiger partial charge in [0.25, 0.3) is 0 Å². The molecule has 15 heavy (non-hydrogen) atoms. The molecule has 0 fully saturated rings. The summed E-state index contributed by atoms with van der Waals surface area (Å²) in [5.74, 6) is -0.496. The van der Waals surface area contributed by atoms with Crippen molar-refractivity contribution in [2.45, 2.75) is 26.2 Å². The van der Waals surface area contributed by atoms with Crippen LogP contribution in [0.3, 0.4) is 0 Å². The first-order valence-corrected chi connectivity index (χ1v) is 5.71. The number of carbonyl (C=O) groups is 2. The fraction of sp³-hybridized carbons (Fsp3) is 0.800. The van der Waals surface area contributed by atoms with Crippen molar-refractivity contribution in [3.8, 4) is 0 Å². The summed E-state index contributed by atoms with van der Waals surface area (Å²) in [4.78, 5) is 23.8. The first-order chi connectivity index (χ1) is 7.11. The van der Waals surface area contributed by atoms with Crippen LogP contribution in [0.2, 0.25) is 0 Å². The Morgan fingerprint density at radius 2 is 2.00 bits per heavy atom. The third kappa shape index (κ3) is 7.19. The zero-order chi connectivity index (χ0) is 11.7. The summed E-state index contributed by atoms with van der Waals surface area (Å²) in [6, 6.07) is 0. The van der Waals surface area contributed by atoms with Crippen molar-refractivity contribution in [1.29, 1.82) is 0 Å². The highest BCUT2D eigenvalue weighted by Gasteiger charge is 2.08. The number of unbranched alkanes of at least 4 members (excludes halogenated alkanes) is 2. The fourth-order valence-electron chi connectivity index (χ4n) is 1.08. The summed E-state index contributed by atoms with van der Waals surface area (Å²) in [7, 11) is 1.74. The SMILES string of the molecule is CCCCCN(C)C(=O)CNC(=O)CCl. The largest absolute Gasteiger partial charge is 0.346 e. The topological polar surface area (TPSA) is 49.4 Å². The predicted octanol–water partition coefficient (Wildman–Crippen LogP) is 0.990. The van der Waals surface area contributed by atoms with Crippen LogP contribution in [-0.2, 0) is 9.59 Å². The van der Waals surface area contributed by atoms with Gasteiger partial charge in [0.05, 0.1) is 6.54 Å². The molecule has 1 N–H and O–H groups in total. The third-order valence-corrected chi connectivity index (χ3v) is 2.32. The zero-order valence-electron chi connectivity index (χ0n) is 9.38. The van der Waals surface area contributed by atoms with Gasteiger partial charge in [0, 0.05) is 13.6 Å². The van der Waals surface area contributed by atoms with E-state index in [0.29, 0.717) is 0 Å². The highest BCUT2D eigenvalue weighted by molar-refractivity contribution is 6.27.